The van der Waals surface area contributed by atoms with Gasteiger partial charge in [-0.2, -0.15) is 0 Å². The molecule has 19 heteroatoms. The van der Waals surface area contributed by atoms with E-state index in [9.17, 15) is 0 Å². The summed E-state index contributed by atoms with van der Waals surface area (Å²) in [6.07, 6.45) is 27.2. The first-order chi connectivity index (χ1) is 45.0. The van der Waals surface area contributed by atoms with Crippen LogP contribution in [0.2, 0.25) is 0 Å². The average Bonchev–Trinajstić information content (AvgIpc) is 1.64. The minimum atomic E-state index is 0. The summed E-state index contributed by atoms with van der Waals surface area (Å²) in [5.41, 5.74) is 9.48. The number of hydrogen-bond donors (Lipinski definition) is 1. The third-order valence-electron chi connectivity index (χ3n) is 21.2. The molecule has 0 bridgehead atoms. The lowest BCUT2D eigenvalue weighted by molar-refractivity contribution is 0.0464. The van der Waals surface area contributed by atoms with E-state index in [0.717, 1.165) is 219 Å². The molecule has 3 aromatic carbocycles. The van der Waals surface area contributed by atoms with Crippen molar-refractivity contribution in [2.75, 3.05) is 141 Å². The van der Waals surface area contributed by atoms with Gasteiger partial charge in [0.2, 0.25) is 0 Å². The SMILES string of the molecule is CN(C)Cc1c(OCC2CC2)ccc2c(CCC3CCN(CC4CCOCC4)CC3)noc12.CN(C)Cc1c(OCC2CC2)ccc2c(CCC3CCN(CC4CCOCC4)CC3)noc12.CN(C)Cc1c(OCC2CC2)ccc2c(CCC3CCNCC3)noc12.Cl.Cl. The predicted molar refractivity (Wildman–Crippen MR) is 379 cm³/mol. The van der Waals surface area contributed by atoms with Crippen molar-refractivity contribution in [3.8, 4) is 17.2 Å². The van der Waals surface area contributed by atoms with E-state index in [0.29, 0.717) is 0 Å². The van der Waals surface area contributed by atoms with Crippen molar-refractivity contribution in [2.24, 2.45) is 47.3 Å². The summed E-state index contributed by atoms with van der Waals surface area (Å²) in [5, 5.41) is 20.4. The Balaban J connectivity index is 0.000000154. The number of ether oxygens (including phenoxy) is 5. The number of likely N-dealkylation sites (tertiary alicyclic amines) is 2. The lowest BCUT2D eigenvalue weighted by atomic mass is 9.90. The quantitative estimate of drug-likeness (QED) is 0.0495. The molecule has 0 amide bonds. The summed E-state index contributed by atoms with van der Waals surface area (Å²) in [7, 11) is 12.5. The van der Waals surface area contributed by atoms with E-state index < -0.39 is 0 Å². The van der Waals surface area contributed by atoms with Crippen LogP contribution in [-0.2, 0) is 48.4 Å². The molecule has 5 aliphatic heterocycles. The number of nitrogens with one attached hydrogen (secondary N) is 1. The van der Waals surface area contributed by atoms with Crippen LogP contribution in [0.25, 0.3) is 32.9 Å². The van der Waals surface area contributed by atoms with Gasteiger partial charge >= 0.3 is 0 Å². The first-order valence-corrected chi connectivity index (χ1v) is 36.4. The minimum absolute atomic E-state index is 0. The van der Waals surface area contributed by atoms with Crippen LogP contribution >= 0.6 is 24.8 Å². The Morgan fingerprint density at radius 1 is 0.394 bits per heavy atom. The van der Waals surface area contributed by atoms with Crippen molar-refractivity contribution >= 4 is 57.7 Å². The molecule has 3 aliphatic carbocycles. The van der Waals surface area contributed by atoms with Crippen molar-refractivity contribution in [2.45, 2.75) is 161 Å². The van der Waals surface area contributed by atoms with E-state index in [1.54, 1.807) is 0 Å². The Labute approximate surface area is 573 Å². The maximum Gasteiger partial charge on any atom is 0.175 e. The highest BCUT2D eigenvalue weighted by Gasteiger charge is 2.30. The fourth-order valence-corrected chi connectivity index (χ4v) is 14.8. The molecular weight excluding hydrogens is 1230 g/mol. The lowest BCUT2D eigenvalue weighted by Crippen LogP contribution is -2.38. The van der Waals surface area contributed by atoms with E-state index in [4.69, 9.17) is 37.3 Å². The van der Waals surface area contributed by atoms with Crippen LogP contribution in [0.1, 0.15) is 156 Å². The molecule has 3 aromatic heterocycles. The van der Waals surface area contributed by atoms with Crippen molar-refractivity contribution < 1.29 is 37.3 Å². The number of fused-ring (bicyclic) bond motifs is 3. The van der Waals surface area contributed by atoms with Gasteiger partial charge in [0.25, 0.3) is 0 Å². The summed E-state index contributed by atoms with van der Waals surface area (Å²) in [4.78, 5) is 11.9. The van der Waals surface area contributed by atoms with E-state index in [1.165, 1.54) is 172 Å². The molecule has 0 spiro atoms. The molecule has 522 valence electrons. The highest BCUT2D eigenvalue weighted by molar-refractivity contribution is 5.87. The zero-order chi connectivity index (χ0) is 63.2. The molecule has 6 aromatic rings. The fraction of sp³-hybridized carbons (Fsp3) is 0.720. The van der Waals surface area contributed by atoms with Crippen LogP contribution in [0.4, 0.5) is 0 Å². The second-order valence-corrected chi connectivity index (χ2v) is 30.0. The van der Waals surface area contributed by atoms with E-state index >= 15 is 0 Å². The van der Waals surface area contributed by atoms with Gasteiger partial charge < -0.3 is 67.1 Å². The highest BCUT2D eigenvalue weighted by Crippen LogP contribution is 2.39. The summed E-state index contributed by atoms with van der Waals surface area (Å²) in [6, 6.07) is 12.9. The second-order valence-electron chi connectivity index (χ2n) is 30.0. The van der Waals surface area contributed by atoms with Crippen molar-refractivity contribution in [1.29, 1.82) is 0 Å². The summed E-state index contributed by atoms with van der Waals surface area (Å²) in [5.74, 6) is 9.18. The van der Waals surface area contributed by atoms with E-state index in [-0.39, 0.29) is 24.8 Å². The van der Waals surface area contributed by atoms with Crippen molar-refractivity contribution in [3.05, 3.63) is 70.2 Å². The van der Waals surface area contributed by atoms with E-state index in [1.807, 2.05) is 0 Å². The van der Waals surface area contributed by atoms with Gasteiger partial charge in [-0.3, -0.25) is 0 Å². The van der Waals surface area contributed by atoms with Crippen molar-refractivity contribution in [3.63, 3.8) is 0 Å². The van der Waals surface area contributed by atoms with Gasteiger partial charge in [-0.05, 0) is 307 Å². The maximum absolute atomic E-state index is 6.17. The zero-order valence-corrected chi connectivity index (χ0v) is 59.7. The van der Waals surface area contributed by atoms with Crippen LogP contribution in [0.5, 0.6) is 17.2 Å². The first-order valence-electron chi connectivity index (χ1n) is 36.4. The molecule has 17 nitrogen and oxygen atoms in total. The van der Waals surface area contributed by atoms with Crippen LogP contribution in [0.15, 0.2) is 50.0 Å². The largest absolute Gasteiger partial charge is 0.493 e. The molecule has 8 aliphatic rings. The number of aromatic nitrogens is 3. The van der Waals surface area contributed by atoms with E-state index in [2.05, 4.69) is 124 Å². The standard InChI is InChI=1S/2C27H41N3O3.C21H31N3O2.2ClH/c2*1-29(2)18-24-26(32-19-22-3-4-22)8-6-23-25(28-33-27(23)24)7-5-20-9-13-30(14-10-20)17-21-11-15-31-16-12-21;1-24(2)13-18-20(25-14-16-3-4-16)8-6-17-19(23-26-21(17)18)7-5-15-9-11-22-12-10-15;;/h2*6,8,20-22H,3-5,7,9-19H2,1-2H3;6,8,15-16,22H,3-5,7,9-14H2,1-2H3;2*1H. The summed E-state index contributed by atoms with van der Waals surface area (Å²) >= 11 is 0. The van der Waals surface area contributed by atoms with Gasteiger partial charge in [-0.25, -0.2) is 0 Å². The molecule has 0 atom stereocenters. The normalized spacial score (nSPS) is 20.1. The molecule has 94 heavy (non-hydrogen) atoms. The molecule has 5 saturated heterocycles. The summed E-state index contributed by atoms with van der Waals surface area (Å²) < 4.78 is 47.1. The smallest absolute Gasteiger partial charge is 0.175 e. The number of rotatable bonds is 28. The monoisotopic (exact) mass is 1340 g/mol. The van der Waals surface area contributed by atoms with Crippen LogP contribution in [0.3, 0.4) is 0 Å². The Morgan fingerprint density at radius 3 is 1.00 bits per heavy atom. The topological polar surface area (TPSA) is 152 Å². The number of nitrogens with zero attached hydrogens (tertiary/aromatic N) is 8. The number of aryl methyl sites for hydroxylation is 3. The molecule has 0 unspecified atom stereocenters. The van der Waals surface area contributed by atoms with Gasteiger partial charge in [-0.15, -0.1) is 24.8 Å². The predicted octanol–water partition coefficient (Wildman–Crippen LogP) is 14.0. The zero-order valence-electron chi connectivity index (χ0n) is 58.0. The van der Waals surface area contributed by atoms with Gasteiger partial charge in [0.15, 0.2) is 16.7 Å². The first kappa shape index (κ1) is 72.5. The Bertz CT molecular complexity index is 3050. The van der Waals surface area contributed by atoms with Crippen LogP contribution < -0.4 is 19.5 Å². The minimum Gasteiger partial charge on any atom is -0.493 e. The Kier molecular flexibility index (Phi) is 27.8. The molecule has 3 saturated carbocycles. The Morgan fingerprint density at radius 2 is 0.702 bits per heavy atom. The maximum atomic E-state index is 6.17. The van der Waals surface area contributed by atoms with Crippen LogP contribution in [0, 0.1) is 47.3 Å². The highest BCUT2D eigenvalue weighted by atomic mass is 35.5. The van der Waals surface area contributed by atoms with Gasteiger partial charge in [0, 0.05) is 75.3 Å². The second kappa shape index (κ2) is 36.0. The number of hydrogen-bond acceptors (Lipinski definition) is 17. The molecule has 14 rings (SSSR count). The molecule has 0 radical (unpaired) electrons. The number of halogens is 2. The fourth-order valence-electron chi connectivity index (χ4n) is 14.8. The van der Waals surface area contributed by atoms with Gasteiger partial charge in [0.1, 0.15) is 17.2 Å². The Hall–Kier alpha value is -4.27. The molecular formula is C75H115Cl2N9O8. The molecule has 1 N–H and O–H groups in total. The molecule has 8 fully saturated rings. The molecule has 8 heterocycles. The van der Waals surface area contributed by atoms with Crippen molar-refractivity contribution in [1.82, 2.24) is 45.3 Å². The lowest BCUT2D eigenvalue weighted by Gasteiger charge is -2.35. The van der Waals surface area contributed by atoms with Gasteiger partial charge in [0.05, 0.1) is 53.6 Å². The summed E-state index contributed by atoms with van der Waals surface area (Å²) in [6.45, 7) is 18.5. The van der Waals surface area contributed by atoms with Crippen LogP contribution in [-0.4, -0.2) is 181 Å². The average molecular weight is 1340 g/mol. The van der Waals surface area contributed by atoms with Gasteiger partial charge in [-0.1, -0.05) is 15.5 Å². The number of benzene rings is 3. The number of piperidine rings is 3. The third kappa shape index (κ3) is 21.1. The third-order valence-corrected chi connectivity index (χ3v) is 21.2.